The summed E-state index contributed by atoms with van der Waals surface area (Å²) in [6.07, 6.45) is 4.10. The van der Waals surface area contributed by atoms with Gasteiger partial charge in [-0.1, -0.05) is 25.3 Å². The summed E-state index contributed by atoms with van der Waals surface area (Å²) in [5.74, 6) is -0.907. The van der Waals surface area contributed by atoms with E-state index in [0.29, 0.717) is 13.2 Å². The summed E-state index contributed by atoms with van der Waals surface area (Å²) in [6, 6.07) is 4.03. The first kappa shape index (κ1) is 15.5. The van der Waals surface area contributed by atoms with Crippen molar-refractivity contribution in [2.45, 2.75) is 43.6 Å². The lowest BCUT2D eigenvalue weighted by molar-refractivity contribution is -0.161. The summed E-state index contributed by atoms with van der Waals surface area (Å²) < 4.78 is 5.24. The molecule has 1 atom stereocenters. The van der Waals surface area contributed by atoms with Gasteiger partial charge in [0.05, 0.1) is 18.6 Å². The van der Waals surface area contributed by atoms with Crippen LogP contribution in [0, 0.1) is 0 Å². The third-order valence-electron chi connectivity index (χ3n) is 4.74. The summed E-state index contributed by atoms with van der Waals surface area (Å²) in [5, 5.41) is 11.1. The van der Waals surface area contributed by atoms with Crippen molar-refractivity contribution in [3.8, 4) is 0 Å². The van der Waals surface area contributed by atoms with Gasteiger partial charge in [-0.3, -0.25) is 4.79 Å². The highest BCUT2D eigenvalue weighted by Crippen LogP contribution is 2.43. The van der Waals surface area contributed by atoms with E-state index in [1.54, 1.807) is 16.2 Å². The molecule has 2 heterocycles. The molecule has 5 nitrogen and oxygen atoms in total. The van der Waals surface area contributed by atoms with Gasteiger partial charge < -0.3 is 14.7 Å². The highest BCUT2D eigenvalue weighted by molar-refractivity contribution is 7.10. The van der Waals surface area contributed by atoms with Crippen molar-refractivity contribution in [2.75, 3.05) is 19.7 Å². The van der Waals surface area contributed by atoms with E-state index in [9.17, 15) is 9.59 Å². The molecule has 2 aliphatic rings. The Balaban J connectivity index is 1.85. The van der Waals surface area contributed by atoms with Crippen LogP contribution in [0.1, 0.15) is 37.0 Å². The molecule has 1 unspecified atom stereocenters. The average molecular weight is 323 g/mol. The van der Waals surface area contributed by atoms with Gasteiger partial charge in [0.2, 0.25) is 5.91 Å². The minimum absolute atomic E-state index is 0.0872. The van der Waals surface area contributed by atoms with Crippen LogP contribution in [-0.4, -0.2) is 47.7 Å². The second kappa shape index (κ2) is 6.38. The van der Waals surface area contributed by atoms with E-state index in [4.69, 9.17) is 9.84 Å². The Labute approximate surface area is 133 Å². The quantitative estimate of drug-likeness (QED) is 0.926. The van der Waals surface area contributed by atoms with Crippen LogP contribution in [0.2, 0.25) is 0 Å². The number of carbonyl (C=O) groups is 2. The maximum absolute atomic E-state index is 13.2. The van der Waals surface area contributed by atoms with Crippen molar-refractivity contribution in [3.05, 3.63) is 22.4 Å². The van der Waals surface area contributed by atoms with Crippen molar-refractivity contribution in [1.29, 1.82) is 0 Å². The second-order valence-electron chi connectivity index (χ2n) is 6.07. The number of hydrogen-bond donors (Lipinski definition) is 1. The summed E-state index contributed by atoms with van der Waals surface area (Å²) in [4.78, 5) is 27.2. The third kappa shape index (κ3) is 2.77. The third-order valence-corrected chi connectivity index (χ3v) is 5.81. The molecule has 1 N–H and O–H groups in total. The van der Waals surface area contributed by atoms with Crippen molar-refractivity contribution in [2.24, 2.45) is 0 Å². The predicted octanol–water partition coefficient (Wildman–Crippen LogP) is 2.26. The molecule has 1 saturated heterocycles. The Morgan fingerprint density at radius 2 is 2.09 bits per heavy atom. The minimum atomic E-state index is -0.994. The van der Waals surface area contributed by atoms with Crippen molar-refractivity contribution >= 4 is 23.2 Å². The molecular formula is C16H21NO4S. The molecule has 3 rings (SSSR count). The Bertz CT molecular complexity index is 536. The highest BCUT2D eigenvalue weighted by Gasteiger charge is 2.45. The number of aliphatic carboxylic acids is 1. The molecule has 120 valence electrons. The van der Waals surface area contributed by atoms with Crippen LogP contribution in [0.4, 0.5) is 0 Å². The Morgan fingerprint density at radius 3 is 2.73 bits per heavy atom. The molecule has 1 aromatic rings. The second-order valence-corrected chi connectivity index (χ2v) is 7.02. The molecule has 22 heavy (non-hydrogen) atoms. The number of morpholine rings is 1. The van der Waals surface area contributed by atoms with Crippen LogP contribution in [-0.2, 0) is 19.7 Å². The number of nitrogens with zero attached hydrogens (tertiary/aromatic N) is 1. The molecule has 1 amide bonds. The van der Waals surface area contributed by atoms with Gasteiger partial charge in [0.15, 0.2) is 6.10 Å². The molecule has 1 saturated carbocycles. The topological polar surface area (TPSA) is 66.8 Å². The van der Waals surface area contributed by atoms with Crippen LogP contribution < -0.4 is 0 Å². The molecular weight excluding hydrogens is 302 g/mol. The summed E-state index contributed by atoms with van der Waals surface area (Å²) in [6.45, 7) is 0.931. The van der Waals surface area contributed by atoms with Crippen LogP contribution in [0.3, 0.4) is 0 Å². The molecule has 1 aliphatic heterocycles. The lowest BCUT2D eigenvalue weighted by atomic mass is 9.72. The normalized spacial score (nSPS) is 24.9. The maximum atomic E-state index is 13.2. The molecule has 1 aromatic heterocycles. The van der Waals surface area contributed by atoms with Gasteiger partial charge in [-0.05, 0) is 24.3 Å². The minimum Gasteiger partial charge on any atom is -0.479 e. The summed E-state index contributed by atoms with van der Waals surface area (Å²) in [5.41, 5.74) is -0.452. The first-order valence-electron chi connectivity index (χ1n) is 7.81. The van der Waals surface area contributed by atoms with Gasteiger partial charge >= 0.3 is 5.97 Å². The number of rotatable bonds is 3. The lowest BCUT2D eigenvalue weighted by Gasteiger charge is -2.41. The van der Waals surface area contributed by atoms with E-state index in [1.165, 1.54) is 6.42 Å². The number of carboxylic acids is 1. The van der Waals surface area contributed by atoms with E-state index >= 15 is 0 Å². The Hall–Kier alpha value is -1.40. The van der Waals surface area contributed by atoms with Gasteiger partial charge in [-0.15, -0.1) is 11.3 Å². The van der Waals surface area contributed by atoms with E-state index in [1.807, 2.05) is 17.5 Å². The zero-order valence-corrected chi connectivity index (χ0v) is 13.3. The summed E-state index contributed by atoms with van der Waals surface area (Å²) in [7, 11) is 0. The zero-order chi connectivity index (χ0) is 15.6. The molecule has 0 bridgehead atoms. The van der Waals surface area contributed by atoms with Crippen LogP contribution >= 0.6 is 11.3 Å². The van der Waals surface area contributed by atoms with Crippen molar-refractivity contribution in [1.82, 2.24) is 4.90 Å². The highest BCUT2D eigenvalue weighted by atomic mass is 32.1. The van der Waals surface area contributed by atoms with Gasteiger partial charge in [0.1, 0.15) is 0 Å². The smallest absolute Gasteiger partial charge is 0.334 e. The fourth-order valence-corrected chi connectivity index (χ4v) is 4.54. The van der Waals surface area contributed by atoms with Crippen molar-refractivity contribution in [3.63, 3.8) is 0 Å². The molecule has 0 spiro atoms. The molecule has 6 heteroatoms. The number of thiophene rings is 1. The zero-order valence-electron chi connectivity index (χ0n) is 12.5. The fourth-order valence-electron chi connectivity index (χ4n) is 3.56. The molecule has 1 aliphatic carbocycles. The lowest BCUT2D eigenvalue weighted by Crippen LogP contribution is -2.55. The largest absolute Gasteiger partial charge is 0.479 e. The number of hydrogen-bond acceptors (Lipinski definition) is 4. The number of carboxylic acid groups (broad SMARTS) is 1. The maximum Gasteiger partial charge on any atom is 0.334 e. The van der Waals surface area contributed by atoms with Crippen molar-refractivity contribution < 1.29 is 19.4 Å². The fraction of sp³-hybridized carbons (Fsp3) is 0.625. The van der Waals surface area contributed by atoms with E-state index in [2.05, 4.69) is 0 Å². The molecule has 0 aromatic carbocycles. The Kier molecular flexibility index (Phi) is 4.49. The monoisotopic (exact) mass is 323 g/mol. The van der Waals surface area contributed by atoms with E-state index < -0.39 is 17.5 Å². The van der Waals surface area contributed by atoms with E-state index in [-0.39, 0.29) is 12.5 Å². The van der Waals surface area contributed by atoms with Gasteiger partial charge in [0, 0.05) is 11.4 Å². The van der Waals surface area contributed by atoms with Crippen LogP contribution in [0.5, 0.6) is 0 Å². The predicted molar refractivity (Wildman–Crippen MR) is 83.0 cm³/mol. The number of amides is 1. The Morgan fingerprint density at radius 1 is 1.32 bits per heavy atom. The SMILES string of the molecule is O=C(O)C1CN(C(=O)C2(c3cccs3)CCCCC2)CCO1. The van der Waals surface area contributed by atoms with Gasteiger partial charge in [-0.25, -0.2) is 4.79 Å². The molecule has 0 radical (unpaired) electrons. The van der Waals surface area contributed by atoms with E-state index in [0.717, 1.165) is 30.6 Å². The molecule has 2 fully saturated rings. The first-order chi connectivity index (χ1) is 10.6. The number of ether oxygens (including phenoxy) is 1. The van der Waals surface area contributed by atoms with Crippen LogP contribution in [0.25, 0.3) is 0 Å². The standard InChI is InChI=1S/C16H21NO4S/c18-14(19)12-11-17(8-9-21-12)15(20)16(6-2-1-3-7-16)13-5-4-10-22-13/h4-5,10,12H,1-3,6-9,11H2,(H,18,19). The van der Waals surface area contributed by atoms with Crippen LogP contribution in [0.15, 0.2) is 17.5 Å². The summed E-state index contributed by atoms with van der Waals surface area (Å²) >= 11 is 1.63. The van der Waals surface area contributed by atoms with Gasteiger partial charge in [-0.2, -0.15) is 0 Å². The average Bonchev–Trinajstić information content (AvgIpc) is 3.10. The number of carbonyl (C=O) groups excluding carboxylic acids is 1. The first-order valence-corrected chi connectivity index (χ1v) is 8.69. The van der Waals surface area contributed by atoms with Gasteiger partial charge in [0.25, 0.3) is 0 Å².